The Kier molecular flexibility index (Phi) is 7.51. The zero-order valence-electron chi connectivity index (χ0n) is 15.9. The van der Waals surface area contributed by atoms with Crippen molar-refractivity contribution in [1.82, 2.24) is 15.5 Å². The minimum Gasteiger partial charge on any atom is -0.378 e. The van der Waals surface area contributed by atoms with E-state index in [2.05, 4.69) is 29.4 Å². The Morgan fingerprint density at radius 1 is 1.08 bits per heavy atom. The molecule has 1 atom stereocenters. The molecule has 3 rings (SSSR count). The number of carbonyl (C=O) groups excluding carboxylic acids is 1. The van der Waals surface area contributed by atoms with Gasteiger partial charge in [0.05, 0.1) is 5.60 Å². The van der Waals surface area contributed by atoms with Crippen molar-refractivity contribution in [3.8, 4) is 0 Å². The van der Waals surface area contributed by atoms with E-state index < -0.39 is 0 Å². The average Bonchev–Trinajstić information content (AvgIpc) is 2.84. The lowest BCUT2D eigenvalue weighted by Gasteiger charge is -2.41. The molecular formula is C19H37N3O2. The van der Waals surface area contributed by atoms with Crippen LogP contribution in [-0.4, -0.2) is 61.8 Å². The summed E-state index contributed by atoms with van der Waals surface area (Å²) in [7, 11) is 1.85. The number of hydrogen-bond acceptors (Lipinski definition) is 4. The zero-order chi connectivity index (χ0) is 17.5. The zero-order valence-corrected chi connectivity index (χ0v) is 15.9. The van der Waals surface area contributed by atoms with Crippen molar-refractivity contribution >= 4 is 6.41 Å². The van der Waals surface area contributed by atoms with Crippen LogP contribution >= 0.6 is 0 Å². The molecule has 0 aromatic carbocycles. The van der Waals surface area contributed by atoms with Gasteiger partial charge in [0.2, 0.25) is 6.41 Å². The molecule has 0 aromatic heterocycles. The van der Waals surface area contributed by atoms with Crippen molar-refractivity contribution in [3.63, 3.8) is 0 Å². The van der Waals surface area contributed by atoms with Gasteiger partial charge in [0.15, 0.2) is 0 Å². The molecule has 1 unspecified atom stereocenters. The molecule has 1 aliphatic carbocycles. The van der Waals surface area contributed by atoms with Crippen LogP contribution < -0.4 is 10.6 Å². The van der Waals surface area contributed by atoms with Crippen molar-refractivity contribution in [2.75, 3.05) is 33.3 Å². The van der Waals surface area contributed by atoms with Gasteiger partial charge in [0.25, 0.3) is 0 Å². The molecule has 5 nitrogen and oxygen atoms in total. The van der Waals surface area contributed by atoms with Gasteiger partial charge in [-0.1, -0.05) is 0 Å². The number of nitrogens with one attached hydrogen (secondary N) is 2. The van der Waals surface area contributed by atoms with Crippen LogP contribution in [0.3, 0.4) is 0 Å². The summed E-state index contributed by atoms with van der Waals surface area (Å²) in [6.45, 7) is 9.16. The van der Waals surface area contributed by atoms with Gasteiger partial charge < -0.3 is 20.3 Å². The fourth-order valence-corrected chi connectivity index (χ4v) is 3.93. The van der Waals surface area contributed by atoms with E-state index in [1.807, 2.05) is 7.11 Å². The molecule has 0 aromatic rings. The van der Waals surface area contributed by atoms with Crippen LogP contribution in [0.15, 0.2) is 0 Å². The van der Waals surface area contributed by atoms with E-state index in [0.717, 1.165) is 25.3 Å². The molecule has 0 radical (unpaired) electrons. The van der Waals surface area contributed by atoms with Crippen LogP contribution in [0.25, 0.3) is 0 Å². The molecule has 2 N–H and O–H groups in total. The van der Waals surface area contributed by atoms with Crippen LogP contribution in [0.5, 0.6) is 0 Å². The smallest absolute Gasteiger partial charge is 0.207 e. The fraction of sp³-hybridized carbons (Fsp3) is 0.947. The third-order valence-corrected chi connectivity index (χ3v) is 6.27. The highest BCUT2D eigenvalue weighted by Crippen LogP contribution is 2.30. The predicted molar refractivity (Wildman–Crippen MR) is 98.2 cm³/mol. The number of piperidine rings is 1. The molecule has 2 saturated heterocycles. The molecule has 24 heavy (non-hydrogen) atoms. The number of nitrogens with zero attached hydrogens (tertiary/aromatic N) is 1. The van der Waals surface area contributed by atoms with Gasteiger partial charge in [-0.15, -0.1) is 0 Å². The number of ether oxygens (including phenoxy) is 1. The highest BCUT2D eigenvalue weighted by molar-refractivity contribution is 5.48. The third kappa shape index (κ3) is 5.71. The first-order valence-corrected chi connectivity index (χ1v) is 9.72. The summed E-state index contributed by atoms with van der Waals surface area (Å²) in [5.41, 5.74) is 0.293. The molecule has 3 aliphatic rings. The number of methoxy groups -OCH3 is 1. The number of rotatable bonds is 4. The number of hydrogen-bond donors (Lipinski definition) is 2. The van der Waals surface area contributed by atoms with Crippen molar-refractivity contribution < 1.29 is 9.53 Å². The van der Waals surface area contributed by atoms with E-state index in [0.29, 0.717) is 0 Å². The van der Waals surface area contributed by atoms with E-state index in [-0.39, 0.29) is 11.1 Å². The summed E-state index contributed by atoms with van der Waals surface area (Å²) < 4.78 is 5.60. The lowest BCUT2D eigenvalue weighted by Crippen LogP contribution is -2.48. The molecule has 140 valence electrons. The Morgan fingerprint density at radius 3 is 2.29 bits per heavy atom. The first-order valence-electron chi connectivity index (χ1n) is 9.72. The van der Waals surface area contributed by atoms with Gasteiger partial charge >= 0.3 is 0 Å². The van der Waals surface area contributed by atoms with E-state index in [1.54, 1.807) is 0 Å². The Bertz CT molecular complexity index is 369. The van der Waals surface area contributed by atoms with Gasteiger partial charge in [-0.3, -0.25) is 4.79 Å². The molecule has 2 aliphatic heterocycles. The lowest BCUT2D eigenvalue weighted by molar-refractivity contribution is -0.111. The highest BCUT2D eigenvalue weighted by Gasteiger charge is 2.32. The van der Waals surface area contributed by atoms with Gasteiger partial charge in [0, 0.05) is 31.8 Å². The summed E-state index contributed by atoms with van der Waals surface area (Å²) in [6, 6.07) is 0.816. The monoisotopic (exact) mass is 339 g/mol. The van der Waals surface area contributed by atoms with Crippen LogP contribution in [0.1, 0.15) is 65.2 Å². The second-order valence-corrected chi connectivity index (χ2v) is 8.20. The van der Waals surface area contributed by atoms with Crippen LogP contribution in [-0.2, 0) is 9.53 Å². The Labute approximate surface area is 147 Å². The molecule has 3 fully saturated rings. The largest absolute Gasteiger partial charge is 0.378 e. The maximum atomic E-state index is 9.90. The average molecular weight is 340 g/mol. The van der Waals surface area contributed by atoms with E-state index in [1.165, 1.54) is 64.7 Å². The quantitative estimate of drug-likeness (QED) is 0.772. The summed E-state index contributed by atoms with van der Waals surface area (Å²) in [5, 5.41) is 6.27. The van der Waals surface area contributed by atoms with E-state index in [4.69, 9.17) is 4.74 Å². The van der Waals surface area contributed by atoms with Crippen LogP contribution in [0.4, 0.5) is 0 Å². The molecule has 0 spiro atoms. The number of likely N-dealkylation sites (tertiary alicyclic amines) is 1. The maximum Gasteiger partial charge on any atom is 0.207 e. The summed E-state index contributed by atoms with van der Waals surface area (Å²) in [4.78, 5) is 12.6. The van der Waals surface area contributed by atoms with Crippen LogP contribution in [0.2, 0.25) is 0 Å². The molecule has 1 amide bonds. The SMILES string of the molecule is CC1(NC=O)CCC1.COC1(C)CCN(C2CCCNCC2)CC1. The van der Waals surface area contributed by atoms with E-state index in [9.17, 15) is 4.79 Å². The lowest BCUT2D eigenvalue weighted by atomic mass is 9.79. The summed E-state index contributed by atoms with van der Waals surface area (Å²) in [6.07, 6.45) is 10.7. The van der Waals surface area contributed by atoms with Gasteiger partial charge in [-0.25, -0.2) is 0 Å². The van der Waals surface area contributed by atoms with Crippen molar-refractivity contribution in [1.29, 1.82) is 0 Å². The third-order valence-electron chi connectivity index (χ3n) is 6.27. The standard InChI is InChI=1S/C13H26N2O.C6H11NO/c1-13(16-2)6-10-15(11-7-13)12-4-3-8-14-9-5-12;1-6(7-5-8)3-2-4-6/h12,14H,3-11H2,1-2H3;5H,2-4H2,1H3,(H,7,8). The highest BCUT2D eigenvalue weighted by atomic mass is 16.5. The Balaban J connectivity index is 0.000000219. The van der Waals surface area contributed by atoms with Crippen molar-refractivity contribution in [2.45, 2.75) is 82.4 Å². The Morgan fingerprint density at radius 2 is 1.79 bits per heavy atom. The molecule has 5 heteroatoms. The molecule has 1 saturated carbocycles. The molecule has 0 bridgehead atoms. The van der Waals surface area contributed by atoms with Crippen molar-refractivity contribution in [3.05, 3.63) is 0 Å². The molecular weight excluding hydrogens is 302 g/mol. The fourth-order valence-electron chi connectivity index (χ4n) is 3.93. The number of amides is 1. The van der Waals surface area contributed by atoms with Crippen molar-refractivity contribution in [2.24, 2.45) is 0 Å². The van der Waals surface area contributed by atoms with Gasteiger partial charge in [0.1, 0.15) is 0 Å². The van der Waals surface area contributed by atoms with Crippen LogP contribution in [0, 0.1) is 0 Å². The first kappa shape index (κ1) is 19.7. The summed E-state index contributed by atoms with van der Waals surface area (Å²) >= 11 is 0. The van der Waals surface area contributed by atoms with Gasteiger partial charge in [-0.2, -0.15) is 0 Å². The maximum absolute atomic E-state index is 9.90. The normalized spacial score (nSPS) is 29.4. The second kappa shape index (κ2) is 9.16. The Hall–Kier alpha value is -0.650. The van der Waals surface area contributed by atoms with Gasteiger partial charge in [-0.05, 0) is 78.3 Å². The number of carbonyl (C=O) groups is 1. The minimum atomic E-state index is 0.138. The topological polar surface area (TPSA) is 53.6 Å². The molecule has 2 heterocycles. The minimum absolute atomic E-state index is 0.138. The second-order valence-electron chi connectivity index (χ2n) is 8.20. The first-order chi connectivity index (χ1) is 11.5. The summed E-state index contributed by atoms with van der Waals surface area (Å²) in [5.74, 6) is 0. The van der Waals surface area contributed by atoms with E-state index >= 15 is 0 Å². The predicted octanol–water partition coefficient (Wildman–Crippen LogP) is 2.30.